The van der Waals surface area contributed by atoms with E-state index in [1.54, 1.807) is 11.9 Å². The van der Waals surface area contributed by atoms with Crippen LogP contribution in [0.25, 0.3) is 0 Å². The van der Waals surface area contributed by atoms with Crippen LogP contribution in [-0.2, 0) is 14.4 Å². The highest BCUT2D eigenvalue weighted by molar-refractivity contribution is 5.93. The normalized spacial score (nSPS) is 19.7. The molecule has 0 aliphatic carbocycles. The van der Waals surface area contributed by atoms with E-state index in [2.05, 4.69) is 12.2 Å². The summed E-state index contributed by atoms with van der Waals surface area (Å²) in [5, 5.41) is 2.38. The Bertz CT molecular complexity index is 474. The van der Waals surface area contributed by atoms with Gasteiger partial charge in [-0.25, -0.2) is 0 Å². The minimum atomic E-state index is -0.183. The first kappa shape index (κ1) is 19.2. The van der Waals surface area contributed by atoms with E-state index >= 15 is 0 Å². The SMILES string of the molecule is CC(=C[C@H](C(C)C)N(C)C(=O)CNC=O)C(=O)N1CCC[C@H]1C. The van der Waals surface area contributed by atoms with Crippen LogP contribution in [0.1, 0.15) is 40.5 Å². The van der Waals surface area contributed by atoms with Crippen molar-refractivity contribution in [2.45, 2.75) is 52.6 Å². The summed E-state index contributed by atoms with van der Waals surface area (Å²) < 4.78 is 0. The van der Waals surface area contributed by atoms with Gasteiger partial charge < -0.3 is 15.1 Å². The van der Waals surface area contributed by atoms with Gasteiger partial charge in [0.2, 0.25) is 18.2 Å². The third-order valence-corrected chi connectivity index (χ3v) is 4.43. The Kier molecular flexibility index (Phi) is 7.26. The van der Waals surface area contributed by atoms with Crippen molar-refractivity contribution in [2.24, 2.45) is 5.92 Å². The number of nitrogens with zero attached hydrogens (tertiary/aromatic N) is 2. The van der Waals surface area contributed by atoms with Crippen molar-refractivity contribution >= 4 is 18.2 Å². The summed E-state index contributed by atoms with van der Waals surface area (Å²) in [4.78, 5) is 38.5. The predicted molar refractivity (Wildman–Crippen MR) is 89.6 cm³/mol. The zero-order chi connectivity index (χ0) is 17.6. The highest BCUT2D eigenvalue weighted by Gasteiger charge is 2.27. The maximum atomic E-state index is 12.6. The van der Waals surface area contributed by atoms with Gasteiger partial charge in [-0.1, -0.05) is 19.9 Å². The third-order valence-electron chi connectivity index (χ3n) is 4.43. The number of carbonyl (C=O) groups is 3. The fraction of sp³-hybridized carbons (Fsp3) is 0.706. The third kappa shape index (κ3) is 5.08. The quantitative estimate of drug-likeness (QED) is 0.565. The van der Waals surface area contributed by atoms with Crippen LogP contribution in [0.5, 0.6) is 0 Å². The molecule has 6 nitrogen and oxygen atoms in total. The van der Waals surface area contributed by atoms with E-state index in [1.807, 2.05) is 31.7 Å². The fourth-order valence-electron chi connectivity index (χ4n) is 2.96. The topological polar surface area (TPSA) is 69.7 Å². The van der Waals surface area contributed by atoms with Crippen LogP contribution in [0.3, 0.4) is 0 Å². The van der Waals surface area contributed by atoms with Gasteiger partial charge in [-0.05, 0) is 32.6 Å². The Hall–Kier alpha value is -1.85. The largest absolute Gasteiger partial charge is 0.350 e. The molecule has 2 atom stereocenters. The van der Waals surface area contributed by atoms with Gasteiger partial charge in [0.1, 0.15) is 0 Å². The predicted octanol–water partition coefficient (Wildman–Crippen LogP) is 1.17. The van der Waals surface area contributed by atoms with Gasteiger partial charge in [0, 0.05) is 25.2 Å². The maximum absolute atomic E-state index is 12.6. The summed E-state index contributed by atoms with van der Waals surface area (Å²) in [7, 11) is 1.70. The molecule has 1 aliphatic rings. The van der Waals surface area contributed by atoms with E-state index in [0.29, 0.717) is 12.0 Å². The van der Waals surface area contributed by atoms with E-state index in [9.17, 15) is 14.4 Å². The van der Waals surface area contributed by atoms with Gasteiger partial charge in [-0.2, -0.15) is 0 Å². The number of hydrogen-bond acceptors (Lipinski definition) is 3. The number of nitrogens with one attached hydrogen (secondary N) is 1. The molecule has 1 rings (SSSR count). The highest BCUT2D eigenvalue weighted by Crippen LogP contribution is 2.20. The van der Waals surface area contributed by atoms with E-state index < -0.39 is 0 Å². The molecule has 0 spiro atoms. The molecule has 1 fully saturated rings. The number of likely N-dealkylation sites (N-methyl/N-ethyl adjacent to an activating group) is 1. The smallest absolute Gasteiger partial charge is 0.249 e. The monoisotopic (exact) mass is 323 g/mol. The molecule has 1 heterocycles. The molecular formula is C17H29N3O3. The second kappa shape index (κ2) is 8.70. The van der Waals surface area contributed by atoms with Crippen molar-refractivity contribution in [3.63, 3.8) is 0 Å². The first-order valence-corrected chi connectivity index (χ1v) is 8.21. The highest BCUT2D eigenvalue weighted by atomic mass is 16.2. The second-order valence-corrected chi connectivity index (χ2v) is 6.58. The van der Waals surface area contributed by atoms with Crippen molar-refractivity contribution in [3.8, 4) is 0 Å². The fourth-order valence-corrected chi connectivity index (χ4v) is 2.96. The Labute approximate surface area is 138 Å². The van der Waals surface area contributed by atoms with Crippen molar-refractivity contribution < 1.29 is 14.4 Å². The van der Waals surface area contributed by atoms with Gasteiger partial charge in [0.25, 0.3) is 0 Å². The molecule has 0 aromatic rings. The lowest BCUT2D eigenvalue weighted by atomic mass is 9.99. The Morgan fingerprint density at radius 2 is 2.04 bits per heavy atom. The average Bonchev–Trinajstić information content (AvgIpc) is 2.94. The standard InChI is InChI=1S/C17H29N3O3/c1-12(2)15(19(5)16(22)10-18-11-21)9-13(3)17(23)20-8-6-7-14(20)4/h9,11-12,14-15H,6-8,10H2,1-5H3,(H,18,21)/t14-,15-/m1/s1. The molecule has 0 aromatic carbocycles. The first-order chi connectivity index (χ1) is 10.8. The number of amides is 3. The number of likely N-dealkylation sites (tertiary alicyclic amines) is 1. The lowest BCUT2D eigenvalue weighted by Crippen LogP contribution is -2.44. The molecule has 1 saturated heterocycles. The molecule has 1 N–H and O–H groups in total. The zero-order valence-electron chi connectivity index (χ0n) is 14.8. The van der Waals surface area contributed by atoms with Gasteiger partial charge >= 0.3 is 0 Å². The number of carbonyl (C=O) groups excluding carboxylic acids is 3. The van der Waals surface area contributed by atoms with Gasteiger partial charge in [0.05, 0.1) is 12.6 Å². The summed E-state index contributed by atoms with van der Waals surface area (Å²) in [5.74, 6) is 0.0355. The number of hydrogen-bond donors (Lipinski definition) is 1. The summed E-state index contributed by atoms with van der Waals surface area (Å²) in [6.45, 7) is 8.66. The van der Waals surface area contributed by atoms with Crippen LogP contribution < -0.4 is 5.32 Å². The van der Waals surface area contributed by atoms with Gasteiger partial charge in [0.15, 0.2) is 0 Å². The molecule has 0 aromatic heterocycles. The lowest BCUT2D eigenvalue weighted by molar-refractivity contribution is -0.132. The van der Waals surface area contributed by atoms with Crippen LogP contribution in [0.2, 0.25) is 0 Å². The summed E-state index contributed by atoms with van der Waals surface area (Å²) >= 11 is 0. The molecule has 3 amide bonds. The molecule has 0 bridgehead atoms. The van der Waals surface area contributed by atoms with Crippen molar-refractivity contribution in [3.05, 3.63) is 11.6 Å². The zero-order valence-corrected chi connectivity index (χ0v) is 14.8. The molecule has 0 radical (unpaired) electrons. The van der Waals surface area contributed by atoms with E-state index in [1.165, 1.54) is 0 Å². The minimum Gasteiger partial charge on any atom is -0.350 e. The Balaban J connectivity index is 2.85. The first-order valence-electron chi connectivity index (χ1n) is 8.21. The van der Waals surface area contributed by atoms with E-state index in [0.717, 1.165) is 19.4 Å². The van der Waals surface area contributed by atoms with E-state index in [-0.39, 0.29) is 36.4 Å². The lowest BCUT2D eigenvalue weighted by Gasteiger charge is -2.30. The number of rotatable bonds is 7. The summed E-state index contributed by atoms with van der Waals surface area (Å²) in [5.41, 5.74) is 0.667. The van der Waals surface area contributed by atoms with Crippen molar-refractivity contribution in [1.29, 1.82) is 0 Å². The summed E-state index contributed by atoms with van der Waals surface area (Å²) in [6, 6.07) is 0.0947. The average molecular weight is 323 g/mol. The van der Waals surface area contributed by atoms with Crippen molar-refractivity contribution in [1.82, 2.24) is 15.1 Å². The molecule has 23 heavy (non-hydrogen) atoms. The summed E-state index contributed by atoms with van der Waals surface area (Å²) in [6.07, 6.45) is 4.47. The van der Waals surface area contributed by atoms with Crippen LogP contribution in [0.15, 0.2) is 11.6 Å². The second-order valence-electron chi connectivity index (χ2n) is 6.58. The minimum absolute atomic E-state index is 0.0345. The molecule has 1 aliphatic heterocycles. The van der Waals surface area contributed by atoms with Crippen molar-refractivity contribution in [2.75, 3.05) is 20.1 Å². The molecule has 130 valence electrons. The van der Waals surface area contributed by atoms with Crippen LogP contribution in [0, 0.1) is 5.92 Å². The maximum Gasteiger partial charge on any atom is 0.249 e. The molecule has 6 heteroatoms. The van der Waals surface area contributed by atoms with Crippen LogP contribution >= 0.6 is 0 Å². The Morgan fingerprint density at radius 1 is 1.39 bits per heavy atom. The van der Waals surface area contributed by atoms with Gasteiger partial charge in [-0.3, -0.25) is 14.4 Å². The van der Waals surface area contributed by atoms with Gasteiger partial charge in [-0.15, -0.1) is 0 Å². The molecular weight excluding hydrogens is 294 g/mol. The molecule has 0 saturated carbocycles. The molecule has 0 unspecified atom stereocenters. The van der Waals surface area contributed by atoms with E-state index in [4.69, 9.17) is 0 Å². The Morgan fingerprint density at radius 3 is 2.52 bits per heavy atom. The van der Waals surface area contributed by atoms with Crippen LogP contribution in [-0.4, -0.2) is 60.2 Å². The van der Waals surface area contributed by atoms with Crippen LogP contribution in [0.4, 0.5) is 0 Å².